The summed E-state index contributed by atoms with van der Waals surface area (Å²) < 4.78 is 4.45. The molecule has 90 valence electrons. The Labute approximate surface area is 102 Å². The first kappa shape index (κ1) is 12.0. The van der Waals surface area contributed by atoms with Crippen molar-refractivity contribution in [2.24, 2.45) is 5.92 Å². The van der Waals surface area contributed by atoms with E-state index in [2.05, 4.69) is 28.5 Å². The molecule has 16 heavy (non-hydrogen) atoms. The quantitative estimate of drug-likeness (QED) is 0.829. The predicted molar refractivity (Wildman–Crippen MR) is 67.9 cm³/mol. The van der Waals surface area contributed by atoms with Crippen LogP contribution in [0.4, 0.5) is 0 Å². The molecule has 0 spiro atoms. The van der Waals surface area contributed by atoms with Crippen molar-refractivity contribution in [2.45, 2.75) is 51.5 Å². The monoisotopic (exact) mass is 239 g/mol. The fourth-order valence-corrected chi connectivity index (χ4v) is 2.74. The molecule has 1 aromatic heterocycles. The van der Waals surface area contributed by atoms with E-state index in [1.165, 1.54) is 24.3 Å². The van der Waals surface area contributed by atoms with Crippen LogP contribution < -0.4 is 5.32 Å². The fourth-order valence-electron chi connectivity index (χ4n) is 1.94. The molecule has 0 aromatic carbocycles. The zero-order valence-corrected chi connectivity index (χ0v) is 11.2. The van der Waals surface area contributed by atoms with Crippen molar-refractivity contribution in [1.29, 1.82) is 0 Å². The van der Waals surface area contributed by atoms with E-state index in [0.717, 1.165) is 18.2 Å². The minimum Gasteiger partial charge on any atom is -0.317 e. The normalized spacial score (nSPS) is 18.0. The number of likely N-dealkylation sites (N-methyl/N-ethyl adjacent to an activating group) is 1. The van der Waals surface area contributed by atoms with Gasteiger partial charge in [-0.25, -0.2) is 4.98 Å². The summed E-state index contributed by atoms with van der Waals surface area (Å²) in [5.74, 6) is 2.51. The van der Waals surface area contributed by atoms with E-state index in [4.69, 9.17) is 0 Å². The Kier molecular flexibility index (Phi) is 3.92. The zero-order valence-electron chi connectivity index (χ0n) is 10.4. The molecule has 4 heteroatoms. The lowest BCUT2D eigenvalue weighted by atomic mass is 10.0. The van der Waals surface area contributed by atoms with Gasteiger partial charge in [0.1, 0.15) is 10.8 Å². The van der Waals surface area contributed by atoms with E-state index < -0.39 is 0 Å². The first-order valence-corrected chi connectivity index (χ1v) is 6.96. The lowest BCUT2D eigenvalue weighted by Crippen LogP contribution is -2.29. The SMILES string of the molecule is CNC(Cc1nc(C2CC2)ns1)CC(C)C. The smallest absolute Gasteiger partial charge is 0.145 e. The van der Waals surface area contributed by atoms with E-state index in [9.17, 15) is 0 Å². The van der Waals surface area contributed by atoms with Crippen LogP contribution in [0.25, 0.3) is 0 Å². The average Bonchev–Trinajstić information content (AvgIpc) is 2.98. The second kappa shape index (κ2) is 5.23. The third-order valence-corrected chi connectivity index (χ3v) is 3.76. The van der Waals surface area contributed by atoms with Gasteiger partial charge in [0, 0.05) is 18.4 Å². The Morgan fingerprint density at radius 1 is 1.44 bits per heavy atom. The molecule has 0 amide bonds. The van der Waals surface area contributed by atoms with Crippen LogP contribution in [0.5, 0.6) is 0 Å². The maximum Gasteiger partial charge on any atom is 0.145 e. The topological polar surface area (TPSA) is 37.8 Å². The molecule has 0 aliphatic heterocycles. The van der Waals surface area contributed by atoms with Crippen molar-refractivity contribution in [3.63, 3.8) is 0 Å². The van der Waals surface area contributed by atoms with Crippen molar-refractivity contribution < 1.29 is 0 Å². The van der Waals surface area contributed by atoms with Crippen molar-refractivity contribution in [3.8, 4) is 0 Å². The number of hydrogen-bond acceptors (Lipinski definition) is 4. The van der Waals surface area contributed by atoms with E-state index in [1.54, 1.807) is 11.5 Å². The molecule has 0 radical (unpaired) electrons. The summed E-state index contributed by atoms with van der Waals surface area (Å²) >= 11 is 1.59. The van der Waals surface area contributed by atoms with Gasteiger partial charge in [0.2, 0.25) is 0 Å². The highest BCUT2D eigenvalue weighted by atomic mass is 32.1. The van der Waals surface area contributed by atoms with E-state index in [1.807, 2.05) is 7.05 Å². The standard InChI is InChI=1S/C12H21N3S/c1-8(2)6-10(13-3)7-11-14-12(15-16-11)9-4-5-9/h8-10,13H,4-7H2,1-3H3. The van der Waals surface area contributed by atoms with Crippen molar-refractivity contribution in [1.82, 2.24) is 14.7 Å². The number of hydrogen-bond donors (Lipinski definition) is 1. The highest BCUT2D eigenvalue weighted by Gasteiger charge is 2.28. The predicted octanol–water partition coefficient (Wildman–Crippen LogP) is 2.59. The molecular weight excluding hydrogens is 218 g/mol. The average molecular weight is 239 g/mol. The molecular formula is C12H21N3S. The molecule has 1 heterocycles. The second-order valence-corrected chi connectivity index (χ2v) is 5.98. The Morgan fingerprint density at radius 3 is 2.75 bits per heavy atom. The Morgan fingerprint density at radius 2 is 2.19 bits per heavy atom. The largest absolute Gasteiger partial charge is 0.317 e. The summed E-state index contributed by atoms with van der Waals surface area (Å²) in [6, 6.07) is 0.542. The van der Waals surface area contributed by atoms with Gasteiger partial charge in [-0.1, -0.05) is 13.8 Å². The first-order chi connectivity index (χ1) is 7.69. The maximum absolute atomic E-state index is 4.63. The summed E-state index contributed by atoms with van der Waals surface area (Å²) in [5.41, 5.74) is 0. The van der Waals surface area contributed by atoms with Crippen LogP contribution in [-0.2, 0) is 6.42 Å². The molecule has 1 aliphatic carbocycles. The summed E-state index contributed by atoms with van der Waals surface area (Å²) in [5, 5.41) is 4.57. The summed E-state index contributed by atoms with van der Waals surface area (Å²) in [7, 11) is 2.04. The molecule has 1 atom stereocenters. The Balaban J connectivity index is 1.90. The molecule has 3 nitrogen and oxygen atoms in total. The van der Waals surface area contributed by atoms with Crippen LogP contribution in [0.1, 0.15) is 49.9 Å². The lowest BCUT2D eigenvalue weighted by Gasteiger charge is -2.16. The molecule has 0 saturated heterocycles. The molecule has 1 unspecified atom stereocenters. The van der Waals surface area contributed by atoms with E-state index in [0.29, 0.717) is 12.0 Å². The van der Waals surface area contributed by atoms with Crippen molar-refractivity contribution in [2.75, 3.05) is 7.05 Å². The van der Waals surface area contributed by atoms with Crippen LogP contribution in [0.3, 0.4) is 0 Å². The van der Waals surface area contributed by atoms with Crippen LogP contribution >= 0.6 is 11.5 Å². The second-order valence-electron chi connectivity index (χ2n) is 5.14. The van der Waals surface area contributed by atoms with Crippen LogP contribution in [0, 0.1) is 5.92 Å². The number of rotatable bonds is 6. The van der Waals surface area contributed by atoms with Gasteiger partial charge in [0.15, 0.2) is 0 Å². The molecule has 1 fully saturated rings. The van der Waals surface area contributed by atoms with Crippen molar-refractivity contribution >= 4 is 11.5 Å². The maximum atomic E-state index is 4.63. The Bertz CT molecular complexity index is 331. The van der Waals surface area contributed by atoms with Crippen LogP contribution in [0.15, 0.2) is 0 Å². The van der Waals surface area contributed by atoms with E-state index in [-0.39, 0.29) is 0 Å². The molecule has 1 aromatic rings. The molecule has 1 saturated carbocycles. The van der Waals surface area contributed by atoms with Gasteiger partial charge in [-0.05, 0) is 43.8 Å². The van der Waals surface area contributed by atoms with Gasteiger partial charge in [0.05, 0.1) is 0 Å². The summed E-state index contributed by atoms with van der Waals surface area (Å²) in [6.45, 7) is 4.53. The highest BCUT2D eigenvalue weighted by Crippen LogP contribution is 2.38. The van der Waals surface area contributed by atoms with Gasteiger partial charge in [-0.2, -0.15) is 4.37 Å². The number of nitrogens with one attached hydrogen (secondary N) is 1. The molecule has 0 bridgehead atoms. The third-order valence-electron chi connectivity index (χ3n) is 3.01. The van der Waals surface area contributed by atoms with E-state index >= 15 is 0 Å². The van der Waals surface area contributed by atoms with Gasteiger partial charge in [-0.15, -0.1) is 0 Å². The summed E-state index contributed by atoms with van der Waals surface area (Å²) in [6.07, 6.45) is 4.81. The zero-order chi connectivity index (χ0) is 11.5. The van der Waals surface area contributed by atoms with Gasteiger partial charge in [-0.3, -0.25) is 0 Å². The van der Waals surface area contributed by atoms with Gasteiger partial charge in [0.25, 0.3) is 0 Å². The minimum absolute atomic E-state index is 0.542. The molecule has 2 rings (SSSR count). The van der Waals surface area contributed by atoms with Crippen LogP contribution in [0.2, 0.25) is 0 Å². The summed E-state index contributed by atoms with van der Waals surface area (Å²) in [4.78, 5) is 4.63. The van der Waals surface area contributed by atoms with Crippen LogP contribution in [-0.4, -0.2) is 22.4 Å². The van der Waals surface area contributed by atoms with Crippen molar-refractivity contribution in [3.05, 3.63) is 10.8 Å². The molecule has 1 N–H and O–H groups in total. The number of aromatic nitrogens is 2. The third kappa shape index (κ3) is 3.25. The Hall–Kier alpha value is -0.480. The van der Waals surface area contributed by atoms with Gasteiger partial charge >= 0.3 is 0 Å². The van der Waals surface area contributed by atoms with Gasteiger partial charge < -0.3 is 5.32 Å². The first-order valence-electron chi connectivity index (χ1n) is 6.18. The minimum atomic E-state index is 0.542. The lowest BCUT2D eigenvalue weighted by molar-refractivity contribution is 0.440. The fraction of sp³-hybridized carbons (Fsp3) is 0.833. The highest BCUT2D eigenvalue weighted by molar-refractivity contribution is 7.05. The number of nitrogens with zero attached hydrogens (tertiary/aromatic N) is 2. The molecule has 1 aliphatic rings.